The molecular weight excluding hydrogens is 222 g/mol. The first kappa shape index (κ1) is 14.4. The predicted octanol–water partition coefficient (Wildman–Crippen LogP) is 0.570. The third-order valence-corrected chi connectivity index (χ3v) is 3.23. The van der Waals surface area contributed by atoms with Crippen molar-refractivity contribution in [3.8, 4) is 0 Å². The van der Waals surface area contributed by atoms with E-state index >= 15 is 0 Å². The van der Waals surface area contributed by atoms with Gasteiger partial charge in [0, 0.05) is 39.1 Å². The van der Waals surface area contributed by atoms with E-state index in [2.05, 4.69) is 0 Å². The maximum absolute atomic E-state index is 11.0. The second kappa shape index (κ2) is 5.33. The van der Waals surface area contributed by atoms with Crippen molar-refractivity contribution in [2.45, 2.75) is 32.3 Å². The monoisotopic (exact) mass is 245 g/mol. The van der Waals surface area contributed by atoms with E-state index in [1.165, 1.54) is 0 Å². The normalized spacial score (nSPS) is 20.5. The van der Waals surface area contributed by atoms with Crippen LogP contribution in [0.2, 0.25) is 0 Å². The Balaban J connectivity index is 2.48. The summed E-state index contributed by atoms with van der Waals surface area (Å²) in [6.07, 6.45) is 1.23. The van der Waals surface area contributed by atoms with E-state index in [-0.39, 0.29) is 0 Å². The Bertz CT molecular complexity index is 272. The van der Waals surface area contributed by atoms with Crippen LogP contribution >= 0.6 is 0 Å². The van der Waals surface area contributed by atoms with E-state index in [1.54, 1.807) is 13.8 Å². The van der Waals surface area contributed by atoms with Gasteiger partial charge in [-0.1, -0.05) is 0 Å². The standard InChI is InChI=1S/C12H23NO4/c1-11(2,10(14)15)8-13(3)9-12(16)4-6-17-7-5-12/h16H,4-9H2,1-3H3,(H,14,15). The summed E-state index contributed by atoms with van der Waals surface area (Å²) in [5, 5.41) is 19.4. The maximum Gasteiger partial charge on any atom is 0.310 e. The Morgan fingerprint density at radius 1 is 1.41 bits per heavy atom. The maximum atomic E-state index is 11.0. The van der Waals surface area contributed by atoms with Crippen LogP contribution in [0, 0.1) is 5.41 Å². The van der Waals surface area contributed by atoms with Crippen LogP contribution in [-0.2, 0) is 9.53 Å². The van der Waals surface area contributed by atoms with Crippen molar-refractivity contribution in [3.05, 3.63) is 0 Å². The van der Waals surface area contributed by atoms with E-state index in [0.29, 0.717) is 39.1 Å². The molecule has 2 N–H and O–H groups in total. The fourth-order valence-electron chi connectivity index (χ4n) is 2.21. The van der Waals surface area contributed by atoms with Crippen LogP contribution in [0.4, 0.5) is 0 Å². The van der Waals surface area contributed by atoms with Crippen molar-refractivity contribution in [2.75, 3.05) is 33.4 Å². The van der Waals surface area contributed by atoms with Crippen LogP contribution in [0.5, 0.6) is 0 Å². The summed E-state index contributed by atoms with van der Waals surface area (Å²) in [4.78, 5) is 12.9. The number of likely N-dealkylation sites (N-methyl/N-ethyl adjacent to an activating group) is 1. The largest absolute Gasteiger partial charge is 0.481 e. The number of hydrogen-bond acceptors (Lipinski definition) is 4. The minimum atomic E-state index is -0.816. The van der Waals surface area contributed by atoms with Crippen molar-refractivity contribution in [1.82, 2.24) is 4.90 Å². The summed E-state index contributed by atoms with van der Waals surface area (Å²) in [6.45, 7) is 5.46. The van der Waals surface area contributed by atoms with Gasteiger partial charge in [0.1, 0.15) is 0 Å². The number of ether oxygens (including phenoxy) is 1. The molecule has 100 valence electrons. The molecule has 0 radical (unpaired) electrons. The molecule has 5 heteroatoms. The first-order valence-corrected chi connectivity index (χ1v) is 5.97. The fourth-order valence-corrected chi connectivity index (χ4v) is 2.21. The van der Waals surface area contributed by atoms with E-state index in [4.69, 9.17) is 9.84 Å². The Kier molecular flexibility index (Phi) is 4.52. The average Bonchev–Trinajstić information content (AvgIpc) is 2.16. The van der Waals surface area contributed by atoms with Crippen LogP contribution < -0.4 is 0 Å². The second-order valence-electron chi connectivity index (χ2n) is 5.70. The average molecular weight is 245 g/mol. The molecule has 1 rings (SSSR count). The van der Waals surface area contributed by atoms with Crippen LogP contribution in [0.1, 0.15) is 26.7 Å². The summed E-state index contributed by atoms with van der Waals surface area (Å²) in [5.41, 5.74) is -1.53. The summed E-state index contributed by atoms with van der Waals surface area (Å²) in [7, 11) is 1.85. The molecule has 0 spiro atoms. The lowest BCUT2D eigenvalue weighted by Gasteiger charge is -2.37. The summed E-state index contributed by atoms with van der Waals surface area (Å²) >= 11 is 0. The number of aliphatic carboxylic acids is 1. The molecule has 5 nitrogen and oxygen atoms in total. The van der Waals surface area contributed by atoms with Crippen molar-refractivity contribution < 1.29 is 19.7 Å². The number of carboxylic acids is 1. The third kappa shape index (κ3) is 4.26. The van der Waals surface area contributed by atoms with Gasteiger partial charge < -0.3 is 19.8 Å². The van der Waals surface area contributed by atoms with Crippen LogP contribution in [-0.4, -0.2) is 60.0 Å². The molecule has 1 fully saturated rings. The van der Waals surface area contributed by atoms with Crippen LogP contribution in [0.3, 0.4) is 0 Å². The minimum absolute atomic E-state index is 0.422. The zero-order valence-corrected chi connectivity index (χ0v) is 10.9. The van der Waals surface area contributed by atoms with Gasteiger partial charge in [0.05, 0.1) is 11.0 Å². The minimum Gasteiger partial charge on any atom is -0.481 e. The Morgan fingerprint density at radius 2 is 1.94 bits per heavy atom. The lowest BCUT2D eigenvalue weighted by molar-refractivity contribution is -0.148. The molecule has 0 amide bonds. The number of rotatable bonds is 5. The number of nitrogens with zero attached hydrogens (tertiary/aromatic N) is 1. The molecule has 0 aromatic carbocycles. The molecule has 0 atom stereocenters. The Morgan fingerprint density at radius 3 is 2.41 bits per heavy atom. The molecule has 17 heavy (non-hydrogen) atoms. The first-order valence-electron chi connectivity index (χ1n) is 5.97. The predicted molar refractivity (Wildman–Crippen MR) is 63.9 cm³/mol. The number of aliphatic hydroxyl groups is 1. The highest BCUT2D eigenvalue weighted by Gasteiger charge is 2.34. The van der Waals surface area contributed by atoms with Gasteiger partial charge in [-0.05, 0) is 20.9 Å². The van der Waals surface area contributed by atoms with E-state index in [9.17, 15) is 9.90 Å². The summed E-state index contributed by atoms with van der Waals surface area (Å²) < 4.78 is 5.21. The van der Waals surface area contributed by atoms with Crippen molar-refractivity contribution in [3.63, 3.8) is 0 Å². The molecule has 0 aromatic heterocycles. The molecule has 1 aliphatic rings. The summed E-state index contributed by atoms with van der Waals surface area (Å²) in [6, 6.07) is 0. The first-order chi connectivity index (χ1) is 7.75. The second-order valence-corrected chi connectivity index (χ2v) is 5.70. The molecule has 0 aromatic rings. The van der Waals surface area contributed by atoms with Crippen LogP contribution in [0.25, 0.3) is 0 Å². The zero-order valence-electron chi connectivity index (χ0n) is 10.9. The quantitative estimate of drug-likeness (QED) is 0.741. The zero-order chi connectivity index (χ0) is 13.1. The van der Waals surface area contributed by atoms with E-state index in [1.807, 2.05) is 11.9 Å². The highest BCUT2D eigenvalue weighted by atomic mass is 16.5. The molecule has 1 saturated heterocycles. The number of hydrogen-bond donors (Lipinski definition) is 2. The third-order valence-electron chi connectivity index (χ3n) is 3.23. The van der Waals surface area contributed by atoms with Gasteiger partial charge >= 0.3 is 5.97 Å². The Hall–Kier alpha value is -0.650. The molecular formula is C12H23NO4. The lowest BCUT2D eigenvalue weighted by Crippen LogP contribution is -2.48. The highest BCUT2D eigenvalue weighted by molar-refractivity contribution is 5.73. The SMILES string of the molecule is CN(CC1(O)CCOCC1)CC(C)(C)C(=O)O. The topological polar surface area (TPSA) is 70.0 Å². The molecule has 0 aliphatic carbocycles. The van der Waals surface area contributed by atoms with Crippen LogP contribution in [0.15, 0.2) is 0 Å². The van der Waals surface area contributed by atoms with Crippen molar-refractivity contribution in [1.29, 1.82) is 0 Å². The molecule has 1 aliphatic heterocycles. The highest BCUT2D eigenvalue weighted by Crippen LogP contribution is 2.23. The summed E-state index contributed by atoms with van der Waals surface area (Å²) in [5.74, 6) is -0.816. The van der Waals surface area contributed by atoms with Crippen molar-refractivity contribution in [2.24, 2.45) is 5.41 Å². The molecule has 0 saturated carbocycles. The van der Waals surface area contributed by atoms with Gasteiger partial charge in [-0.15, -0.1) is 0 Å². The molecule has 1 heterocycles. The van der Waals surface area contributed by atoms with E-state index in [0.717, 1.165) is 0 Å². The Labute approximate surface area is 102 Å². The number of carbonyl (C=O) groups is 1. The van der Waals surface area contributed by atoms with Crippen molar-refractivity contribution >= 4 is 5.97 Å². The fraction of sp³-hybridized carbons (Fsp3) is 0.917. The number of carboxylic acid groups (broad SMARTS) is 1. The van der Waals surface area contributed by atoms with E-state index < -0.39 is 17.0 Å². The van der Waals surface area contributed by atoms with Gasteiger partial charge in [0.15, 0.2) is 0 Å². The lowest BCUT2D eigenvalue weighted by atomic mass is 9.90. The molecule has 0 unspecified atom stereocenters. The molecule has 0 bridgehead atoms. The van der Waals surface area contributed by atoms with Gasteiger partial charge in [-0.2, -0.15) is 0 Å². The van der Waals surface area contributed by atoms with Gasteiger partial charge in [-0.25, -0.2) is 0 Å². The smallest absolute Gasteiger partial charge is 0.310 e. The van der Waals surface area contributed by atoms with Gasteiger partial charge in [0.25, 0.3) is 0 Å². The van der Waals surface area contributed by atoms with Gasteiger partial charge in [0.2, 0.25) is 0 Å². The van der Waals surface area contributed by atoms with Gasteiger partial charge in [-0.3, -0.25) is 4.79 Å².